The van der Waals surface area contributed by atoms with Gasteiger partial charge in [0.2, 0.25) is 0 Å². The smallest absolute Gasteiger partial charge is 0.0597 e. The van der Waals surface area contributed by atoms with Crippen LogP contribution in [0.5, 0.6) is 0 Å². The van der Waals surface area contributed by atoms with Crippen LogP contribution in [0.3, 0.4) is 0 Å². The zero-order valence-electron chi connectivity index (χ0n) is 8.43. The van der Waals surface area contributed by atoms with E-state index in [1.54, 1.807) is 0 Å². The van der Waals surface area contributed by atoms with E-state index in [2.05, 4.69) is 24.7 Å². The minimum Gasteiger partial charge on any atom is -0.324 e. The Morgan fingerprint density at radius 2 is 1.92 bits per heavy atom. The van der Waals surface area contributed by atoms with E-state index in [1.165, 1.54) is 0 Å². The number of rotatable bonds is 5. The fraction of sp³-hybridized carbons (Fsp3) is 0.800. The van der Waals surface area contributed by atoms with Crippen molar-refractivity contribution in [3.05, 3.63) is 0 Å². The van der Waals surface area contributed by atoms with Gasteiger partial charge in [-0.15, -0.1) is 6.42 Å². The van der Waals surface area contributed by atoms with E-state index in [4.69, 9.17) is 12.2 Å². The zero-order valence-corrected chi connectivity index (χ0v) is 8.43. The van der Waals surface area contributed by atoms with Gasteiger partial charge in [-0.1, -0.05) is 19.8 Å². The molecular weight excluding hydrogens is 148 g/mol. The first-order valence-corrected chi connectivity index (χ1v) is 4.49. The van der Waals surface area contributed by atoms with Crippen LogP contribution in [0.4, 0.5) is 0 Å². The van der Waals surface area contributed by atoms with E-state index in [9.17, 15) is 0 Å². The Morgan fingerprint density at radius 1 is 1.42 bits per heavy atom. The monoisotopic (exact) mass is 168 g/mol. The van der Waals surface area contributed by atoms with Crippen molar-refractivity contribution in [3.8, 4) is 12.3 Å². The van der Waals surface area contributed by atoms with Crippen molar-refractivity contribution in [3.63, 3.8) is 0 Å². The lowest BCUT2D eigenvalue weighted by Gasteiger charge is -2.30. The van der Waals surface area contributed by atoms with Crippen LogP contribution in [0.15, 0.2) is 0 Å². The molecule has 0 aliphatic heterocycles. The summed E-state index contributed by atoms with van der Waals surface area (Å²) in [4.78, 5) is 2.09. The Bertz CT molecular complexity index is 154. The third kappa shape index (κ3) is 3.75. The second-order valence-corrected chi connectivity index (χ2v) is 3.45. The summed E-state index contributed by atoms with van der Waals surface area (Å²) >= 11 is 0. The topological polar surface area (TPSA) is 29.3 Å². The van der Waals surface area contributed by atoms with Gasteiger partial charge in [-0.2, -0.15) is 0 Å². The summed E-state index contributed by atoms with van der Waals surface area (Å²) < 4.78 is 0. The number of hydrogen-bond acceptors (Lipinski definition) is 2. The van der Waals surface area contributed by atoms with Crippen LogP contribution < -0.4 is 5.73 Å². The summed E-state index contributed by atoms with van der Waals surface area (Å²) in [5.74, 6) is 2.61. The van der Waals surface area contributed by atoms with Gasteiger partial charge in [-0.25, -0.2) is 0 Å². The van der Waals surface area contributed by atoms with Crippen LogP contribution >= 0.6 is 0 Å². The first-order valence-electron chi connectivity index (χ1n) is 4.49. The predicted octanol–water partition coefficient (Wildman–Crippen LogP) is 1.07. The van der Waals surface area contributed by atoms with Crippen molar-refractivity contribution in [1.82, 2.24) is 4.90 Å². The molecule has 0 spiro atoms. The highest BCUT2D eigenvalue weighted by Gasteiger charge is 2.21. The maximum atomic E-state index is 6.12. The van der Waals surface area contributed by atoms with E-state index in [0.29, 0.717) is 6.54 Å². The second-order valence-electron chi connectivity index (χ2n) is 3.45. The van der Waals surface area contributed by atoms with Gasteiger partial charge in [-0.05, 0) is 19.9 Å². The molecule has 0 unspecified atom stereocenters. The molecule has 0 atom stereocenters. The van der Waals surface area contributed by atoms with Crippen LogP contribution in [-0.4, -0.2) is 30.6 Å². The molecule has 0 saturated carbocycles. The van der Waals surface area contributed by atoms with Gasteiger partial charge >= 0.3 is 0 Å². The van der Waals surface area contributed by atoms with Gasteiger partial charge in [-0.3, -0.25) is 4.90 Å². The van der Waals surface area contributed by atoms with E-state index < -0.39 is 0 Å². The number of nitrogens with zero attached hydrogens (tertiary/aromatic N) is 1. The molecule has 0 bridgehead atoms. The lowest BCUT2D eigenvalue weighted by atomic mass is 9.94. The molecule has 0 heterocycles. The molecule has 0 aromatic heterocycles. The first-order chi connectivity index (χ1) is 5.58. The Morgan fingerprint density at radius 3 is 2.25 bits per heavy atom. The number of hydrogen-bond donors (Lipinski definition) is 1. The summed E-state index contributed by atoms with van der Waals surface area (Å²) in [6, 6.07) is 0. The van der Waals surface area contributed by atoms with Gasteiger partial charge in [0.1, 0.15) is 0 Å². The van der Waals surface area contributed by atoms with Crippen LogP contribution in [0.25, 0.3) is 0 Å². The fourth-order valence-electron chi connectivity index (χ4n) is 1.22. The molecule has 2 heteroatoms. The fourth-order valence-corrected chi connectivity index (χ4v) is 1.22. The summed E-state index contributed by atoms with van der Waals surface area (Å²) in [5, 5.41) is 0. The lowest BCUT2D eigenvalue weighted by Crippen LogP contribution is -2.48. The molecule has 70 valence electrons. The standard InChI is InChI=1S/C10H20N2/c1-5-8-12(4)9-10(11,6-2)7-3/h1H,6-9,11H2,2-4H3. The highest BCUT2D eigenvalue weighted by molar-refractivity contribution is 4.91. The summed E-state index contributed by atoms with van der Waals surface area (Å²) in [6.45, 7) is 5.80. The largest absolute Gasteiger partial charge is 0.324 e. The van der Waals surface area contributed by atoms with Crippen molar-refractivity contribution in [2.75, 3.05) is 20.1 Å². The van der Waals surface area contributed by atoms with E-state index in [1.807, 2.05) is 7.05 Å². The first kappa shape index (κ1) is 11.5. The third-order valence-corrected chi connectivity index (χ3v) is 2.35. The minimum atomic E-state index is -0.0639. The number of likely N-dealkylation sites (N-methyl/N-ethyl adjacent to an activating group) is 1. The third-order valence-electron chi connectivity index (χ3n) is 2.35. The second kappa shape index (κ2) is 5.18. The summed E-state index contributed by atoms with van der Waals surface area (Å²) in [6.07, 6.45) is 7.20. The Kier molecular flexibility index (Phi) is 4.96. The van der Waals surface area contributed by atoms with Gasteiger partial charge < -0.3 is 5.73 Å². The highest BCUT2D eigenvalue weighted by atomic mass is 15.1. The molecule has 12 heavy (non-hydrogen) atoms. The van der Waals surface area contributed by atoms with Crippen molar-refractivity contribution in [2.24, 2.45) is 5.73 Å². The number of terminal acetylenes is 1. The van der Waals surface area contributed by atoms with Crippen LogP contribution in [-0.2, 0) is 0 Å². The van der Waals surface area contributed by atoms with Gasteiger partial charge in [0.15, 0.2) is 0 Å². The molecule has 0 aliphatic rings. The Labute approximate surface area is 76.1 Å². The van der Waals surface area contributed by atoms with Crippen molar-refractivity contribution >= 4 is 0 Å². The van der Waals surface area contributed by atoms with Crippen LogP contribution in [0.2, 0.25) is 0 Å². The molecule has 0 fully saturated rings. The Balaban J connectivity index is 3.95. The van der Waals surface area contributed by atoms with E-state index >= 15 is 0 Å². The summed E-state index contributed by atoms with van der Waals surface area (Å²) in [7, 11) is 2.01. The minimum absolute atomic E-state index is 0.0639. The molecule has 0 amide bonds. The molecule has 2 nitrogen and oxygen atoms in total. The van der Waals surface area contributed by atoms with Gasteiger partial charge in [0.25, 0.3) is 0 Å². The molecule has 0 saturated heterocycles. The Hall–Kier alpha value is -0.520. The molecule has 2 N–H and O–H groups in total. The van der Waals surface area contributed by atoms with Crippen molar-refractivity contribution in [1.29, 1.82) is 0 Å². The van der Waals surface area contributed by atoms with Crippen molar-refractivity contribution in [2.45, 2.75) is 32.2 Å². The van der Waals surface area contributed by atoms with Gasteiger partial charge in [0, 0.05) is 12.1 Å². The van der Waals surface area contributed by atoms with Crippen molar-refractivity contribution < 1.29 is 0 Å². The molecule has 0 aromatic rings. The predicted molar refractivity (Wildman–Crippen MR) is 53.8 cm³/mol. The lowest BCUT2D eigenvalue weighted by molar-refractivity contribution is 0.253. The normalized spacial score (nSPS) is 11.7. The summed E-state index contributed by atoms with van der Waals surface area (Å²) in [5.41, 5.74) is 6.05. The maximum absolute atomic E-state index is 6.12. The quantitative estimate of drug-likeness (QED) is 0.622. The van der Waals surface area contributed by atoms with E-state index in [-0.39, 0.29) is 5.54 Å². The van der Waals surface area contributed by atoms with Crippen LogP contribution in [0, 0.1) is 12.3 Å². The average molecular weight is 168 g/mol. The molecule has 0 rings (SSSR count). The maximum Gasteiger partial charge on any atom is 0.0597 e. The van der Waals surface area contributed by atoms with E-state index in [0.717, 1.165) is 19.4 Å². The number of nitrogens with two attached hydrogens (primary N) is 1. The molecule has 0 radical (unpaired) electrons. The highest BCUT2D eigenvalue weighted by Crippen LogP contribution is 2.11. The zero-order chi connectivity index (χ0) is 9.61. The SMILES string of the molecule is C#CCN(C)CC(N)(CC)CC. The molecular formula is C10H20N2. The van der Waals surface area contributed by atoms with Gasteiger partial charge in [0.05, 0.1) is 6.54 Å². The molecule has 0 aromatic carbocycles. The average Bonchev–Trinajstić information content (AvgIpc) is 2.05. The molecule has 0 aliphatic carbocycles. The van der Waals surface area contributed by atoms with Crippen LogP contribution in [0.1, 0.15) is 26.7 Å².